The molecule has 2 aromatic rings. The minimum atomic E-state index is -0.243. The molecule has 0 unspecified atom stereocenters. The van der Waals surface area contributed by atoms with Crippen molar-refractivity contribution in [2.45, 2.75) is 13.5 Å². The quantitative estimate of drug-likeness (QED) is 0.378. The molecule has 1 aromatic carbocycles. The van der Waals surface area contributed by atoms with E-state index in [0.717, 1.165) is 5.56 Å². The number of rotatable bonds is 4. The van der Waals surface area contributed by atoms with Crippen molar-refractivity contribution < 1.29 is 10.2 Å². The van der Waals surface area contributed by atoms with Crippen LogP contribution in [0.2, 0.25) is 0 Å². The molecule has 1 heterocycles. The van der Waals surface area contributed by atoms with Gasteiger partial charge in [0.15, 0.2) is 5.69 Å². The predicted octanol–water partition coefficient (Wildman–Crippen LogP) is -0.478. The predicted molar refractivity (Wildman–Crippen MR) is 60.7 cm³/mol. The lowest BCUT2D eigenvalue weighted by Gasteiger charge is -2.02. The first kappa shape index (κ1) is 11.3. The molecule has 0 aliphatic rings. The second kappa shape index (κ2) is 5.22. The number of aromatic amines is 1. The van der Waals surface area contributed by atoms with Crippen molar-refractivity contribution in [2.75, 3.05) is 0 Å². The van der Waals surface area contributed by atoms with Gasteiger partial charge in [-0.2, -0.15) is 20.8 Å². The molecule has 0 bridgehead atoms. The Morgan fingerprint density at radius 1 is 1.35 bits per heavy atom. The molecular formula is C11H14N5O+. The number of H-pyrrole nitrogens is 1. The van der Waals surface area contributed by atoms with Gasteiger partial charge in [0.05, 0.1) is 5.69 Å². The lowest BCUT2D eigenvalue weighted by Crippen LogP contribution is -2.93. The maximum Gasteiger partial charge on any atom is 0.318 e. The number of hydrogen-bond donors (Lipinski definition) is 3. The molecule has 1 aromatic heterocycles. The number of benzene rings is 1. The average molecular weight is 232 g/mol. The van der Waals surface area contributed by atoms with Crippen LogP contribution in [0, 0.1) is 6.92 Å². The molecule has 0 saturated carbocycles. The third-order valence-electron chi connectivity index (χ3n) is 2.35. The van der Waals surface area contributed by atoms with Crippen LogP contribution in [-0.4, -0.2) is 21.3 Å². The van der Waals surface area contributed by atoms with Crippen LogP contribution in [0.3, 0.4) is 0 Å². The molecule has 6 heteroatoms. The topological polar surface area (TPSA) is 87.3 Å². The van der Waals surface area contributed by atoms with E-state index in [-0.39, 0.29) is 5.91 Å². The summed E-state index contributed by atoms with van der Waals surface area (Å²) in [5.41, 5.74) is 6.47. The summed E-state index contributed by atoms with van der Waals surface area (Å²) in [4.78, 5) is 11.7. The highest BCUT2D eigenvalue weighted by molar-refractivity contribution is 5.92. The fraction of sp³-hybridized carbons (Fsp3) is 0.182. The summed E-state index contributed by atoms with van der Waals surface area (Å²) in [6.45, 7) is 2.42. The maximum atomic E-state index is 11.7. The summed E-state index contributed by atoms with van der Waals surface area (Å²) in [6, 6.07) is 9.90. The first-order valence-electron chi connectivity index (χ1n) is 5.31. The van der Waals surface area contributed by atoms with Crippen LogP contribution in [0.15, 0.2) is 30.3 Å². The van der Waals surface area contributed by atoms with E-state index < -0.39 is 0 Å². The number of carbonyl (C=O) groups is 1. The molecule has 1 amide bonds. The number of hydrogen-bond acceptors (Lipinski definition) is 3. The molecular weight excluding hydrogens is 218 g/mol. The largest absolute Gasteiger partial charge is 0.318 e. The number of nitrogens with two attached hydrogens (primary N) is 1. The Morgan fingerprint density at radius 3 is 2.76 bits per heavy atom. The molecule has 0 aliphatic heterocycles. The van der Waals surface area contributed by atoms with Crippen LogP contribution >= 0.6 is 0 Å². The zero-order chi connectivity index (χ0) is 12.1. The summed E-state index contributed by atoms with van der Waals surface area (Å²) < 4.78 is 0. The van der Waals surface area contributed by atoms with Gasteiger partial charge in [0, 0.05) is 5.56 Å². The molecule has 0 fully saturated rings. The Morgan fingerprint density at radius 2 is 2.12 bits per heavy atom. The number of nitrogens with one attached hydrogen (secondary N) is 2. The maximum absolute atomic E-state index is 11.7. The van der Waals surface area contributed by atoms with Gasteiger partial charge in [-0.05, 0) is 6.92 Å². The van der Waals surface area contributed by atoms with Gasteiger partial charge in [-0.3, -0.25) is 4.79 Å². The van der Waals surface area contributed by atoms with Crippen molar-refractivity contribution in [3.63, 3.8) is 0 Å². The van der Waals surface area contributed by atoms with E-state index in [2.05, 4.69) is 20.8 Å². The van der Waals surface area contributed by atoms with E-state index in [1.54, 1.807) is 12.3 Å². The van der Waals surface area contributed by atoms with Crippen LogP contribution in [0.25, 0.3) is 0 Å². The number of nitrogens with zero attached hydrogens (tertiary/aromatic N) is 2. The van der Waals surface area contributed by atoms with Crippen LogP contribution in [0.1, 0.15) is 21.7 Å². The lowest BCUT2D eigenvalue weighted by atomic mass is 10.2. The molecule has 88 valence electrons. The summed E-state index contributed by atoms with van der Waals surface area (Å²) >= 11 is 0. The summed E-state index contributed by atoms with van der Waals surface area (Å²) in [5, 5.41) is 9.98. The minimum absolute atomic E-state index is 0.243. The van der Waals surface area contributed by atoms with Crippen molar-refractivity contribution in [2.24, 2.45) is 0 Å². The zero-order valence-corrected chi connectivity index (χ0v) is 9.47. The molecule has 17 heavy (non-hydrogen) atoms. The molecule has 0 radical (unpaired) electrons. The van der Waals surface area contributed by atoms with Crippen LogP contribution < -0.4 is 10.9 Å². The number of aryl methyl sites for hydroxylation is 1. The number of amides is 1. The standard InChI is InChI=1S/C11H13N5O/c1-8-10(14-16-13-8)11(17)15-12-7-9-5-3-2-4-6-9/h2-6,12H,7H2,1H3,(H,15,17)(H,13,14,16)/p+1. The lowest BCUT2D eigenvalue weighted by molar-refractivity contribution is -0.712. The molecule has 2 rings (SSSR count). The number of quaternary nitrogens is 1. The van der Waals surface area contributed by atoms with Gasteiger partial charge in [0.25, 0.3) is 0 Å². The molecule has 6 nitrogen and oxygen atoms in total. The van der Waals surface area contributed by atoms with E-state index in [0.29, 0.717) is 17.9 Å². The molecule has 0 aliphatic carbocycles. The smallest absolute Gasteiger partial charge is 0.262 e. The minimum Gasteiger partial charge on any atom is -0.262 e. The average Bonchev–Trinajstić information content (AvgIpc) is 2.77. The van der Waals surface area contributed by atoms with Gasteiger partial charge in [-0.15, -0.1) is 0 Å². The van der Waals surface area contributed by atoms with Crippen LogP contribution in [0.4, 0.5) is 0 Å². The Balaban J connectivity index is 1.84. The van der Waals surface area contributed by atoms with Crippen molar-refractivity contribution in [3.8, 4) is 0 Å². The second-order valence-corrected chi connectivity index (χ2v) is 3.62. The fourth-order valence-electron chi connectivity index (χ4n) is 1.44. The highest BCUT2D eigenvalue weighted by Gasteiger charge is 2.13. The Kier molecular flexibility index (Phi) is 3.46. The molecule has 4 N–H and O–H groups in total. The molecule has 0 spiro atoms. The third-order valence-corrected chi connectivity index (χ3v) is 2.35. The van der Waals surface area contributed by atoms with E-state index >= 15 is 0 Å². The highest BCUT2D eigenvalue weighted by Crippen LogP contribution is 1.96. The fourth-order valence-corrected chi connectivity index (χ4v) is 1.44. The van der Waals surface area contributed by atoms with Gasteiger partial charge in [0.1, 0.15) is 6.54 Å². The summed E-state index contributed by atoms with van der Waals surface area (Å²) in [7, 11) is 0. The SMILES string of the molecule is Cc1n[nH]nc1C(=O)N[NH2+]Cc1ccccc1. The van der Waals surface area contributed by atoms with Gasteiger partial charge < -0.3 is 0 Å². The van der Waals surface area contributed by atoms with E-state index in [1.807, 2.05) is 30.3 Å². The number of nitrogen functional groups attached to an aromatic ring is 1. The normalized spacial score (nSPS) is 10.2. The van der Waals surface area contributed by atoms with Crippen molar-refractivity contribution in [1.82, 2.24) is 20.8 Å². The van der Waals surface area contributed by atoms with Gasteiger partial charge in [-0.1, -0.05) is 30.3 Å². The first-order chi connectivity index (χ1) is 8.27. The van der Waals surface area contributed by atoms with E-state index in [9.17, 15) is 4.79 Å². The number of carbonyl (C=O) groups excluding carboxylic acids is 1. The van der Waals surface area contributed by atoms with Crippen LogP contribution in [-0.2, 0) is 6.54 Å². The van der Waals surface area contributed by atoms with Crippen molar-refractivity contribution in [1.29, 1.82) is 0 Å². The Hall–Kier alpha value is -2.21. The zero-order valence-electron chi connectivity index (χ0n) is 9.47. The van der Waals surface area contributed by atoms with Gasteiger partial charge in [-0.25, -0.2) is 5.43 Å². The van der Waals surface area contributed by atoms with E-state index in [1.165, 1.54) is 0 Å². The van der Waals surface area contributed by atoms with Gasteiger partial charge >= 0.3 is 5.91 Å². The van der Waals surface area contributed by atoms with Gasteiger partial charge in [0.2, 0.25) is 0 Å². The molecule has 0 saturated heterocycles. The van der Waals surface area contributed by atoms with Crippen molar-refractivity contribution in [3.05, 3.63) is 47.3 Å². The van der Waals surface area contributed by atoms with E-state index in [4.69, 9.17) is 0 Å². The summed E-state index contributed by atoms with van der Waals surface area (Å²) in [6.07, 6.45) is 0. The highest BCUT2D eigenvalue weighted by atomic mass is 16.2. The van der Waals surface area contributed by atoms with Crippen LogP contribution in [0.5, 0.6) is 0 Å². The second-order valence-electron chi connectivity index (χ2n) is 3.62. The summed E-state index contributed by atoms with van der Waals surface area (Å²) in [5.74, 6) is -0.243. The first-order valence-corrected chi connectivity index (χ1v) is 5.31. The molecule has 0 atom stereocenters. The number of aromatic nitrogens is 3. The Labute approximate surface area is 98.4 Å². The monoisotopic (exact) mass is 232 g/mol. The van der Waals surface area contributed by atoms with Crippen molar-refractivity contribution >= 4 is 5.91 Å². The Bertz CT molecular complexity index is 494. The third kappa shape index (κ3) is 2.88.